The highest BCUT2D eigenvalue weighted by Gasteiger charge is 2.12. The van der Waals surface area contributed by atoms with Gasteiger partial charge in [0.15, 0.2) is 0 Å². The van der Waals surface area contributed by atoms with Gasteiger partial charge in [0.2, 0.25) is 10.9 Å². The Morgan fingerprint density at radius 1 is 1.27 bits per heavy atom. The van der Waals surface area contributed by atoms with Gasteiger partial charge in [0.1, 0.15) is 12.1 Å². The van der Waals surface area contributed by atoms with Crippen molar-refractivity contribution in [3.8, 4) is 5.69 Å². The monoisotopic (exact) mass is 315 g/mol. The number of benzene rings is 1. The molecule has 6 nitrogen and oxygen atoms in total. The van der Waals surface area contributed by atoms with E-state index in [1.165, 1.54) is 18.9 Å². The molecular weight excluding hydrogens is 302 g/mol. The number of aromatic nitrogens is 3. The number of hydrogen-bond donors (Lipinski definition) is 0. The first-order valence-corrected chi connectivity index (χ1v) is 7.52. The van der Waals surface area contributed by atoms with Crippen molar-refractivity contribution in [1.29, 1.82) is 0 Å². The van der Waals surface area contributed by atoms with Crippen LogP contribution in [-0.4, -0.2) is 27.8 Å². The van der Waals surface area contributed by atoms with Crippen LogP contribution in [0, 0.1) is 0 Å². The van der Waals surface area contributed by atoms with E-state index in [0.717, 1.165) is 5.69 Å². The molecule has 22 heavy (non-hydrogen) atoms. The van der Waals surface area contributed by atoms with Crippen LogP contribution < -0.4 is 0 Å². The van der Waals surface area contributed by atoms with Crippen LogP contribution in [0.4, 0.5) is 0 Å². The van der Waals surface area contributed by atoms with E-state index in [4.69, 9.17) is 4.42 Å². The zero-order valence-electron chi connectivity index (χ0n) is 11.8. The van der Waals surface area contributed by atoms with Gasteiger partial charge in [-0.25, -0.2) is 14.5 Å². The number of esters is 1. The molecule has 0 aliphatic carbocycles. The Hall–Kier alpha value is -2.54. The topological polar surface area (TPSA) is 70.2 Å². The molecule has 0 bridgehead atoms. The molecule has 2 heterocycles. The van der Waals surface area contributed by atoms with Crippen LogP contribution in [0.3, 0.4) is 0 Å². The lowest BCUT2D eigenvalue weighted by Crippen LogP contribution is -1.98. The fourth-order valence-corrected chi connectivity index (χ4v) is 2.51. The van der Waals surface area contributed by atoms with Gasteiger partial charge in [-0.1, -0.05) is 30.0 Å². The number of thioether (sulfide) groups is 1. The van der Waals surface area contributed by atoms with E-state index >= 15 is 0 Å². The van der Waals surface area contributed by atoms with E-state index in [-0.39, 0.29) is 5.76 Å². The molecule has 0 N–H and O–H groups in total. The van der Waals surface area contributed by atoms with Crippen LogP contribution in [-0.2, 0) is 10.5 Å². The van der Waals surface area contributed by atoms with E-state index in [9.17, 15) is 4.79 Å². The number of furan rings is 1. The second-order valence-electron chi connectivity index (χ2n) is 4.35. The smallest absolute Gasteiger partial charge is 0.373 e. The van der Waals surface area contributed by atoms with Crippen LogP contribution in [0.1, 0.15) is 16.3 Å². The van der Waals surface area contributed by atoms with Crippen molar-refractivity contribution in [3.63, 3.8) is 0 Å². The summed E-state index contributed by atoms with van der Waals surface area (Å²) in [4.78, 5) is 15.6. The van der Waals surface area contributed by atoms with E-state index in [1.807, 2.05) is 30.3 Å². The van der Waals surface area contributed by atoms with Crippen molar-refractivity contribution in [3.05, 3.63) is 60.3 Å². The highest BCUT2D eigenvalue weighted by Crippen LogP contribution is 2.21. The van der Waals surface area contributed by atoms with Crippen LogP contribution in [0.25, 0.3) is 5.69 Å². The first kappa shape index (κ1) is 14.4. The van der Waals surface area contributed by atoms with Crippen molar-refractivity contribution < 1.29 is 13.9 Å². The lowest BCUT2D eigenvalue weighted by atomic mass is 10.3. The van der Waals surface area contributed by atoms with Crippen molar-refractivity contribution in [2.45, 2.75) is 10.9 Å². The Labute approximate surface area is 131 Å². The summed E-state index contributed by atoms with van der Waals surface area (Å²) in [7, 11) is 1.32. The van der Waals surface area contributed by atoms with Gasteiger partial charge in [-0.2, -0.15) is 0 Å². The molecule has 0 saturated heterocycles. The van der Waals surface area contributed by atoms with Crippen molar-refractivity contribution in [1.82, 2.24) is 14.8 Å². The summed E-state index contributed by atoms with van der Waals surface area (Å²) in [6.45, 7) is 0. The molecule has 0 fully saturated rings. The summed E-state index contributed by atoms with van der Waals surface area (Å²) >= 11 is 1.43. The molecule has 0 saturated carbocycles. The molecule has 0 radical (unpaired) electrons. The maximum Gasteiger partial charge on any atom is 0.373 e. The number of ether oxygens (including phenoxy) is 1. The molecule has 2 aromatic heterocycles. The number of methoxy groups -OCH3 is 1. The van der Waals surface area contributed by atoms with Gasteiger partial charge in [0.05, 0.1) is 18.6 Å². The molecule has 0 unspecified atom stereocenters. The minimum Gasteiger partial charge on any atom is -0.463 e. The van der Waals surface area contributed by atoms with Gasteiger partial charge >= 0.3 is 5.97 Å². The Bertz CT molecular complexity index is 767. The number of hydrogen-bond acceptors (Lipinski definition) is 6. The van der Waals surface area contributed by atoms with Crippen molar-refractivity contribution in [2.24, 2.45) is 0 Å². The second-order valence-corrected chi connectivity index (χ2v) is 5.30. The normalized spacial score (nSPS) is 10.6. The largest absolute Gasteiger partial charge is 0.463 e. The zero-order valence-corrected chi connectivity index (χ0v) is 12.6. The predicted molar refractivity (Wildman–Crippen MR) is 81.0 cm³/mol. The molecule has 3 rings (SSSR count). The predicted octanol–water partition coefficient (Wildman–Crippen LogP) is 2.94. The van der Waals surface area contributed by atoms with Crippen LogP contribution in [0.15, 0.2) is 58.4 Å². The van der Waals surface area contributed by atoms with Crippen LogP contribution in [0.5, 0.6) is 0 Å². The first-order chi connectivity index (χ1) is 10.8. The molecule has 0 spiro atoms. The third-order valence-corrected chi connectivity index (χ3v) is 3.76. The number of carbonyl (C=O) groups excluding carboxylic acids is 1. The fourth-order valence-electron chi connectivity index (χ4n) is 1.82. The minimum absolute atomic E-state index is 0.195. The standard InChI is InChI=1S/C15H13N3O3S/c1-20-14(19)13-8-7-12(21-13)9-22-15-16-10-18(17-15)11-5-3-2-4-6-11/h2-8,10H,9H2,1H3. The van der Waals surface area contributed by atoms with Crippen molar-refractivity contribution in [2.75, 3.05) is 7.11 Å². The van der Waals surface area contributed by atoms with Gasteiger partial charge < -0.3 is 9.15 Å². The average molecular weight is 315 g/mol. The van der Waals surface area contributed by atoms with Crippen LogP contribution >= 0.6 is 11.8 Å². The van der Waals surface area contributed by atoms with Gasteiger partial charge in [0, 0.05) is 0 Å². The van der Waals surface area contributed by atoms with E-state index in [0.29, 0.717) is 16.7 Å². The van der Waals surface area contributed by atoms with E-state index in [1.54, 1.807) is 23.1 Å². The molecule has 0 atom stereocenters. The van der Waals surface area contributed by atoms with Gasteiger partial charge in [-0.05, 0) is 24.3 Å². The number of rotatable bonds is 5. The Morgan fingerprint density at radius 2 is 2.09 bits per heavy atom. The summed E-state index contributed by atoms with van der Waals surface area (Å²) in [5.74, 6) is 0.917. The van der Waals surface area contributed by atoms with Gasteiger partial charge in [-0.15, -0.1) is 5.10 Å². The first-order valence-electron chi connectivity index (χ1n) is 6.53. The molecule has 0 amide bonds. The summed E-state index contributed by atoms with van der Waals surface area (Å²) in [5.41, 5.74) is 0.952. The number of para-hydroxylation sites is 1. The third kappa shape index (κ3) is 3.20. The van der Waals surface area contributed by atoms with Gasteiger partial charge in [0.25, 0.3) is 0 Å². The van der Waals surface area contributed by atoms with Crippen molar-refractivity contribution >= 4 is 17.7 Å². The molecule has 1 aromatic carbocycles. The average Bonchev–Trinajstić information content (AvgIpc) is 3.22. The van der Waals surface area contributed by atoms with E-state index in [2.05, 4.69) is 14.8 Å². The summed E-state index contributed by atoms with van der Waals surface area (Å²) < 4.78 is 11.7. The minimum atomic E-state index is -0.484. The van der Waals surface area contributed by atoms with E-state index < -0.39 is 5.97 Å². The lowest BCUT2D eigenvalue weighted by Gasteiger charge is -1.98. The molecule has 7 heteroatoms. The SMILES string of the molecule is COC(=O)c1ccc(CSc2ncn(-c3ccccc3)n2)o1. The Kier molecular flexibility index (Phi) is 4.24. The zero-order chi connectivity index (χ0) is 15.4. The maximum absolute atomic E-state index is 11.3. The molecule has 0 aliphatic heterocycles. The quantitative estimate of drug-likeness (QED) is 0.532. The molecular formula is C15H13N3O3S. The van der Waals surface area contributed by atoms with Crippen LogP contribution in [0.2, 0.25) is 0 Å². The van der Waals surface area contributed by atoms with Gasteiger partial charge in [-0.3, -0.25) is 0 Å². The molecule has 0 aliphatic rings. The summed E-state index contributed by atoms with van der Waals surface area (Å²) in [6, 6.07) is 13.1. The molecule has 3 aromatic rings. The summed E-state index contributed by atoms with van der Waals surface area (Å²) in [5, 5.41) is 5.03. The number of carbonyl (C=O) groups is 1. The number of nitrogens with zero attached hydrogens (tertiary/aromatic N) is 3. The Balaban J connectivity index is 1.64. The highest BCUT2D eigenvalue weighted by molar-refractivity contribution is 7.98. The third-order valence-electron chi connectivity index (χ3n) is 2.88. The maximum atomic E-state index is 11.3. The summed E-state index contributed by atoms with van der Waals surface area (Å²) in [6.07, 6.45) is 1.67. The molecule has 112 valence electrons. The second kappa shape index (κ2) is 6.48. The Morgan fingerprint density at radius 3 is 2.86 bits per heavy atom. The lowest BCUT2D eigenvalue weighted by molar-refractivity contribution is 0.0563. The highest BCUT2D eigenvalue weighted by atomic mass is 32.2. The fraction of sp³-hybridized carbons (Fsp3) is 0.133.